The van der Waals surface area contributed by atoms with E-state index in [0.29, 0.717) is 13.2 Å². The maximum atomic E-state index is 13.1. The van der Waals surface area contributed by atoms with Gasteiger partial charge in [0.25, 0.3) is 0 Å². The summed E-state index contributed by atoms with van der Waals surface area (Å²) in [5.74, 6) is 1.59. The number of halogens is 1. The molecular formula is C18H29ClN2O4. The molecule has 1 fully saturated rings. The fourth-order valence-corrected chi connectivity index (χ4v) is 3.32. The first kappa shape index (κ1) is 21.5. The molecule has 0 aliphatic carbocycles. The molecule has 2 rings (SSSR count). The number of hydrogen-bond donors (Lipinski definition) is 1. The summed E-state index contributed by atoms with van der Waals surface area (Å²) < 4.78 is 16.0. The van der Waals surface area contributed by atoms with Crippen LogP contribution in [0.25, 0.3) is 0 Å². The number of piperidine rings is 1. The van der Waals surface area contributed by atoms with E-state index in [0.717, 1.165) is 43.0 Å². The summed E-state index contributed by atoms with van der Waals surface area (Å²) in [6.45, 7) is 2.63. The summed E-state index contributed by atoms with van der Waals surface area (Å²) in [7, 11) is 6.74. The van der Waals surface area contributed by atoms with E-state index in [1.807, 2.05) is 25.2 Å². The summed E-state index contributed by atoms with van der Waals surface area (Å²) in [6.07, 6.45) is 1.59. The van der Waals surface area contributed by atoms with Gasteiger partial charge in [-0.15, -0.1) is 12.4 Å². The van der Waals surface area contributed by atoms with Crippen molar-refractivity contribution in [3.05, 3.63) is 23.8 Å². The Kier molecular flexibility index (Phi) is 8.48. The topological polar surface area (TPSA) is 60.0 Å². The number of nitrogens with one attached hydrogen (secondary N) is 1. The maximum absolute atomic E-state index is 13.1. The van der Waals surface area contributed by atoms with Gasteiger partial charge in [-0.25, -0.2) is 0 Å². The molecule has 0 spiro atoms. The predicted octanol–water partition coefficient (Wildman–Crippen LogP) is 2.10. The van der Waals surface area contributed by atoms with E-state index in [1.165, 1.54) is 0 Å². The molecule has 1 N–H and O–H groups in total. The van der Waals surface area contributed by atoms with Crippen LogP contribution in [-0.2, 0) is 16.1 Å². The van der Waals surface area contributed by atoms with E-state index in [9.17, 15) is 4.79 Å². The molecule has 1 aromatic carbocycles. The van der Waals surface area contributed by atoms with Gasteiger partial charge in [-0.1, -0.05) is 0 Å². The first-order valence-corrected chi connectivity index (χ1v) is 8.22. The lowest BCUT2D eigenvalue weighted by Gasteiger charge is -2.38. The zero-order valence-electron chi connectivity index (χ0n) is 15.5. The van der Waals surface area contributed by atoms with Crippen LogP contribution in [0.4, 0.5) is 0 Å². The quantitative estimate of drug-likeness (QED) is 0.794. The highest BCUT2D eigenvalue weighted by atomic mass is 35.5. The summed E-state index contributed by atoms with van der Waals surface area (Å²) >= 11 is 0. The molecular weight excluding hydrogens is 344 g/mol. The molecule has 0 unspecified atom stereocenters. The second-order valence-corrected chi connectivity index (χ2v) is 6.30. The molecule has 0 atom stereocenters. The lowest BCUT2D eigenvalue weighted by atomic mass is 9.78. The van der Waals surface area contributed by atoms with Gasteiger partial charge in [-0.05, 0) is 38.1 Å². The third-order valence-corrected chi connectivity index (χ3v) is 4.68. The van der Waals surface area contributed by atoms with Crippen LogP contribution in [-0.4, -0.2) is 58.9 Å². The lowest BCUT2D eigenvalue weighted by molar-refractivity contribution is -0.146. The molecule has 0 radical (unpaired) electrons. The van der Waals surface area contributed by atoms with Gasteiger partial charge in [0, 0.05) is 32.3 Å². The zero-order valence-corrected chi connectivity index (χ0v) is 16.3. The van der Waals surface area contributed by atoms with Crippen molar-refractivity contribution in [1.82, 2.24) is 10.2 Å². The first-order valence-electron chi connectivity index (χ1n) is 8.22. The SMILES string of the molecule is COCC1(C(=O)N(C)Cc2ccc(OC)cc2OC)CCNCC1.Cl. The summed E-state index contributed by atoms with van der Waals surface area (Å²) in [5, 5.41) is 3.31. The van der Waals surface area contributed by atoms with Crippen molar-refractivity contribution < 1.29 is 19.0 Å². The van der Waals surface area contributed by atoms with Gasteiger partial charge in [0.2, 0.25) is 5.91 Å². The van der Waals surface area contributed by atoms with Crippen molar-refractivity contribution in [1.29, 1.82) is 0 Å². The van der Waals surface area contributed by atoms with Gasteiger partial charge in [0.15, 0.2) is 0 Å². The van der Waals surface area contributed by atoms with Crippen LogP contribution in [0, 0.1) is 5.41 Å². The number of rotatable bonds is 7. The van der Waals surface area contributed by atoms with Crippen molar-refractivity contribution in [3.63, 3.8) is 0 Å². The van der Waals surface area contributed by atoms with Crippen molar-refractivity contribution in [2.45, 2.75) is 19.4 Å². The predicted molar refractivity (Wildman–Crippen MR) is 99.7 cm³/mol. The van der Waals surface area contributed by atoms with Gasteiger partial charge in [-0.3, -0.25) is 4.79 Å². The number of methoxy groups -OCH3 is 3. The Labute approximate surface area is 156 Å². The second-order valence-electron chi connectivity index (χ2n) is 6.30. The van der Waals surface area contributed by atoms with Crippen molar-refractivity contribution >= 4 is 18.3 Å². The number of ether oxygens (including phenoxy) is 3. The molecule has 7 heteroatoms. The van der Waals surface area contributed by atoms with Gasteiger partial charge in [0.1, 0.15) is 11.5 Å². The highest BCUT2D eigenvalue weighted by Crippen LogP contribution is 2.33. The van der Waals surface area contributed by atoms with Crippen molar-refractivity contribution in [3.8, 4) is 11.5 Å². The van der Waals surface area contributed by atoms with E-state index in [1.54, 1.807) is 26.2 Å². The second kappa shape index (κ2) is 9.85. The largest absolute Gasteiger partial charge is 0.497 e. The van der Waals surface area contributed by atoms with Crippen LogP contribution in [0.15, 0.2) is 18.2 Å². The molecule has 1 aliphatic rings. The number of carbonyl (C=O) groups is 1. The number of amides is 1. The van der Waals surface area contributed by atoms with E-state index in [-0.39, 0.29) is 18.3 Å². The standard InChI is InChI=1S/C18H28N2O4.ClH/c1-20(12-14-5-6-15(23-3)11-16(14)24-4)17(21)18(13-22-2)7-9-19-10-8-18;/h5-6,11,19H,7-10,12-13H2,1-4H3;1H. The zero-order chi connectivity index (χ0) is 17.6. The molecule has 1 heterocycles. The highest BCUT2D eigenvalue weighted by molar-refractivity contribution is 5.85. The van der Waals surface area contributed by atoms with Crippen LogP contribution in [0.2, 0.25) is 0 Å². The van der Waals surface area contributed by atoms with Crippen LogP contribution >= 0.6 is 12.4 Å². The third-order valence-electron chi connectivity index (χ3n) is 4.68. The highest BCUT2D eigenvalue weighted by Gasteiger charge is 2.41. The molecule has 0 bridgehead atoms. The fourth-order valence-electron chi connectivity index (χ4n) is 3.32. The number of benzene rings is 1. The molecule has 25 heavy (non-hydrogen) atoms. The average molecular weight is 373 g/mol. The molecule has 142 valence electrons. The number of hydrogen-bond acceptors (Lipinski definition) is 5. The Morgan fingerprint density at radius 1 is 1.20 bits per heavy atom. The summed E-state index contributed by atoms with van der Waals surface area (Å²) in [6, 6.07) is 5.65. The smallest absolute Gasteiger partial charge is 0.231 e. The lowest BCUT2D eigenvalue weighted by Crippen LogP contribution is -2.50. The molecule has 1 aliphatic heterocycles. The van der Waals surface area contributed by atoms with Gasteiger partial charge in [0.05, 0.1) is 26.2 Å². The third kappa shape index (κ3) is 5.00. The molecule has 1 aromatic rings. The minimum absolute atomic E-state index is 0. The Bertz CT molecular complexity index is 556. The Morgan fingerprint density at radius 2 is 1.88 bits per heavy atom. The van der Waals surface area contributed by atoms with Gasteiger partial charge < -0.3 is 24.4 Å². The minimum atomic E-state index is -0.436. The van der Waals surface area contributed by atoms with Crippen LogP contribution in [0.5, 0.6) is 11.5 Å². The van der Waals surface area contributed by atoms with Crippen LogP contribution in [0.1, 0.15) is 18.4 Å². The Balaban J connectivity index is 0.00000312. The Hall–Kier alpha value is -1.50. The van der Waals surface area contributed by atoms with E-state index < -0.39 is 5.41 Å². The van der Waals surface area contributed by atoms with Gasteiger partial charge >= 0.3 is 0 Å². The molecule has 1 saturated heterocycles. The summed E-state index contributed by atoms with van der Waals surface area (Å²) in [4.78, 5) is 14.9. The number of nitrogens with zero attached hydrogens (tertiary/aromatic N) is 1. The molecule has 6 nitrogen and oxygen atoms in total. The maximum Gasteiger partial charge on any atom is 0.231 e. The average Bonchev–Trinajstić information content (AvgIpc) is 2.62. The monoisotopic (exact) mass is 372 g/mol. The van der Waals surface area contributed by atoms with E-state index >= 15 is 0 Å². The summed E-state index contributed by atoms with van der Waals surface area (Å²) in [5.41, 5.74) is 0.518. The first-order chi connectivity index (χ1) is 11.6. The van der Waals surface area contributed by atoms with Crippen LogP contribution < -0.4 is 14.8 Å². The van der Waals surface area contributed by atoms with E-state index in [4.69, 9.17) is 14.2 Å². The normalized spacial score (nSPS) is 15.8. The van der Waals surface area contributed by atoms with Crippen molar-refractivity contribution in [2.75, 3.05) is 48.1 Å². The Morgan fingerprint density at radius 3 is 2.44 bits per heavy atom. The minimum Gasteiger partial charge on any atom is -0.497 e. The molecule has 0 saturated carbocycles. The molecule has 0 aromatic heterocycles. The molecule has 1 amide bonds. The number of carbonyl (C=O) groups excluding carboxylic acids is 1. The van der Waals surface area contributed by atoms with E-state index in [2.05, 4.69) is 5.32 Å². The van der Waals surface area contributed by atoms with Crippen molar-refractivity contribution in [2.24, 2.45) is 5.41 Å². The fraction of sp³-hybridized carbons (Fsp3) is 0.611. The van der Waals surface area contributed by atoms with Crippen LogP contribution in [0.3, 0.4) is 0 Å². The van der Waals surface area contributed by atoms with Gasteiger partial charge in [-0.2, -0.15) is 0 Å².